The van der Waals surface area contributed by atoms with Crippen LogP contribution >= 0.6 is 0 Å². The zero-order valence-electron chi connectivity index (χ0n) is 22.7. The summed E-state index contributed by atoms with van der Waals surface area (Å²) in [6.07, 6.45) is 2.49. The molecular formula is C28H37BN4O5. The molecule has 2 aromatic carbocycles. The summed E-state index contributed by atoms with van der Waals surface area (Å²) in [6, 6.07) is 16.4. The molecule has 0 saturated heterocycles. The number of carbonyl (C=O) groups excluding carboxylic acids is 3. The lowest BCUT2D eigenvalue weighted by Crippen LogP contribution is -2.61. The molecule has 1 heterocycles. The highest BCUT2D eigenvalue weighted by molar-refractivity contribution is 6.46. The molecule has 0 bridgehead atoms. The predicted octanol–water partition coefficient (Wildman–Crippen LogP) is 2.16. The van der Waals surface area contributed by atoms with Gasteiger partial charge in [0, 0.05) is 37.1 Å². The van der Waals surface area contributed by atoms with Gasteiger partial charge in [0.1, 0.15) is 6.04 Å². The van der Waals surface area contributed by atoms with Crippen molar-refractivity contribution < 1.29 is 24.1 Å². The molecule has 0 aliphatic rings. The van der Waals surface area contributed by atoms with E-state index in [1.54, 1.807) is 20.9 Å². The molecule has 0 fully saturated rings. The molecule has 3 rings (SSSR count). The second kappa shape index (κ2) is 12.8. The lowest BCUT2D eigenvalue weighted by Gasteiger charge is -2.31. The first-order valence-corrected chi connectivity index (χ1v) is 12.7. The second-order valence-electron chi connectivity index (χ2n) is 10.2. The molecule has 2 atom stereocenters. The monoisotopic (exact) mass is 520 g/mol. The molecule has 0 spiro atoms. The summed E-state index contributed by atoms with van der Waals surface area (Å²) < 4.78 is 5.02. The molecule has 2 unspecified atom stereocenters. The highest BCUT2D eigenvalue weighted by Gasteiger charge is 2.35. The highest BCUT2D eigenvalue weighted by Crippen LogP contribution is 2.20. The summed E-state index contributed by atoms with van der Waals surface area (Å²) in [4.78, 5) is 44.3. The highest BCUT2D eigenvalue weighted by atomic mass is 16.5. The summed E-state index contributed by atoms with van der Waals surface area (Å²) in [5, 5.41) is 16.4. The Balaban J connectivity index is 1.85. The number of fused-ring (bicyclic) bond motifs is 1. The number of aromatic nitrogens is 1. The average molecular weight is 520 g/mol. The number of hydrogen-bond acceptors (Lipinski definition) is 6. The van der Waals surface area contributed by atoms with Gasteiger partial charge in [0.2, 0.25) is 11.8 Å². The topological polar surface area (TPSA) is 124 Å². The van der Waals surface area contributed by atoms with E-state index < -0.39 is 36.4 Å². The first kappa shape index (κ1) is 28.9. The number of likely N-dealkylation sites (N-methyl/N-ethyl adjacent to an activating group) is 1. The standard InChI is InChI=1S/C28H37BN4O5/c1-28(2,32-29(3)37)27(36)31-24(16-20-17-30-23-14-10-9-13-22(20)23)25(34)33(4)18-21(26(35)38-5)15-19-11-7-6-8-12-19/h6-14,17,21,24,30,32,37H,15-16,18H2,1-5H3,(H,31,36). The largest absolute Gasteiger partial charge is 0.469 e. The number of para-hydroxylation sites is 1. The van der Waals surface area contributed by atoms with Gasteiger partial charge in [-0.15, -0.1) is 0 Å². The van der Waals surface area contributed by atoms with Crippen molar-refractivity contribution in [3.8, 4) is 0 Å². The molecule has 38 heavy (non-hydrogen) atoms. The van der Waals surface area contributed by atoms with Gasteiger partial charge in [0.05, 0.1) is 18.6 Å². The van der Waals surface area contributed by atoms with E-state index in [9.17, 15) is 19.4 Å². The van der Waals surface area contributed by atoms with E-state index in [2.05, 4.69) is 15.5 Å². The molecule has 0 aliphatic heterocycles. The molecule has 1 aromatic heterocycles. The lowest BCUT2D eigenvalue weighted by atomic mass is 9.83. The summed E-state index contributed by atoms with van der Waals surface area (Å²) in [6.45, 7) is 4.92. The second-order valence-corrected chi connectivity index (χ2v) is 10.2. The van der Waals surface area contributed by atoms with Gasteiger partial charge in [-0.25, -0.2) is 0 Å². The number of nitrogens with zero attached hydrogens (tertiary/aromatic N) is 1. The Morgan fingerprint density at radius 2 is 1.74 bits per heavy atom. The van der Waals surface area contributed by atoms with Crippen molar-refractivity contribution in [2.45, 2.75) is 45.1 Å². The summed E-state index contributed by atoms with van der Waals surface area (Å²) in [5.74, 6) is -1.75. The van der Waals surface area contributed by atoms with E-state index in [1.807, 2.05) is 60.8 Å². The van der Waals surface area contributed by atoms with E-state index in [0.29, 0.717) is 6.42 Å². The predicted molar refractivity (Wildman–Crippen MR) is 148 cm³/mol. The molecule has 3 aromatic rings. The quantitative estimate of drug-likeness (QED) is 0.214. The Labute approximate surface area is 224 Å². The van der Waals surface area contributed by atoms with Crippen molar-refractivity contribution in [1.82, 2.24) is 20.4 Å². The Hall–Kier alpha value is -3.63. The van der Waals surface area contributed by atoms with Crippen LogP contribution in [-0.2, 0) is 32.0 Å². The molecule has 10 heteroatoms. The van der Waals surface area contributed by atoms with Crippen LogP contribution in [0.15, 0.2) is 60.8 Å². The smallest absolute Gasteiger partial charge is 0.374 e. The van der Waals surface area contributed by atoms with Gasteiger partial charge in [-0.2, -0.15) is 0 Å². The van der Waals surface area contributed by atoms with Crippen molar-refractivity contribution in [2.24, 2.45) is 5.92 Å². The molecule has 4 N–H and O–H groups in total. The van der Waals surface area contributed by atoms with Crippen LogP contribution in [-0.4, -0.2) is 72.0 Å². The first-order valence-electron chi connectivity index (χ1n) is 12.7. The third-order valence-corrected chi connectivity index (χ3v) is 6.57. The van der Waals surface area contributed by atoms with E-state index in [0.717, 1.165) is 22.0 Å². The van der Waals surface area contributed by atoms with Gasteiger partial charge >= 0.3 is 13.0 Å². The van der Waals surface area contributed by atoms with E-state index in [1.165, 1.54) is 18.8 Å². The zero-order valence-corrected chi connectivity index (χ0v) is 22.7. The van der Waals surface area contributed by atoms with Gasteiger partial charge in [-0.3, -0.25) is 14.4 Å². The van der Waals surface area contributed by atoms with Gasteiger partial charge in [0.15, 0.2) is 0 Å². The maximum absolute atomic E-state index is 13.8. The van der Waals surface area contributed by atoms with Crippen LogP contribution in [0.3, 0.4) is 0 Å². The Bertz CT molecular complexity index is 1240. The number of hydrogen-bond donors (Lipinski definition) is 4. The summed E-state index contributed by atoms with van der Waals surface area (Å²) in [7, 11) is 2.04. The van der Waals surface area contributed by atoms with Gasteiger partial charge in [-0.05, 0) is 44.3 Å². The first-order chi connectivity index (χ1) is 18.0. The normalized spacial score (nSPS) is 13.0. The molecular weight excluding hydrogens is 483 g/mol. The molecule has 0 radical (unpaired) electrons. The average Bonchev–Trinajstić information content (AvgIpc) is 3.29. The number of ether oxygens (including phenoxy) is 1. The van der Waals surface area contributed by atoms with Crippen LogP contribution in [0, 0.1) is 5.92 Å². The molecule has 0 saturated carbocycles. The van der Waals surface area contributed by atoms with Gasteiger partial charge < -0.3 is 30.2 Å². The fourth-order valence-electron chi connectivity index (χ4n) is 4.62. The van der Waals surface area contributed by atoms with E-state index in [-0.39, 0.29) is 18.9 Å². The van der Waals surface area contributed by atoms with E-state index in [4.69, 9.17) is 4.74 Å². The van der Waals surface area contributed by atoms with Crippen LogP contribution in [0.1, 0.15) is 25.0 Å². The summed E-state index contributed by atoms with van der Waals surface area (Å²) >= 11 is 0. The maximum Gasteiger partial charge on any atom is 0.374 e. The minimum Gasteiger partial charge on any atom is -0.469 e. The molecule has 0 aliphatic carbocycles. The third kappa shape index (κ3) is 7.46. The number of amides is 2. The Morgan fingerprint density at radius 3 is 2.39 bits per heavy atom. The number of carbonyl (C=O) groups is 3. The maximum atomic E-state index is 13.8. The number of rotatable bonds is 12. The number of H-pyrrole nitrogens is 1. The minimum atomic E-state index is -1.13. The van der Waals surface area contributed by atoms with E-state index >= 15 is 0 Å². The number of nitrogens with one attached hydrogen (secondary N) is 3. The van der Waals surface area contributed by atoms with Crippen LogP contribution in [0.4, 0.5) is 0 Å². The fourth-order valence-corrected chi connectivity index (χ4v) is 4.62. The van der Waals surface area contributed by atoms with Crippen molar-refractivity contribution in [1.29, 1.82) is 0 Å². The minimum absolute atomic E-state index is 0.121. The molecule has 2 amide bonds. The van der Waals surface area contributed by atoms with Crippen molar-refractivity contribution in [3.63, 3.8) is 0 Å². The number of benzene rings is 2. The SMILES string of the molecule is COC(=O)C(Cc1ccccc1)CN(C)C(=O)C(Cc1c[nH]c2ccccc12)NC(=O)C(C)(C)NB(C)O. The van der Waals surface area contributed by atoms with Crippen LogP contribution < -0.4 is 10.5 Å². The Morgan fingerprint density at radius 1 is 1.08 bits per heavy atom. The van der Waals surface area contributed by atoms with Crippen LogP contribution in [0.25, 0.3) is 10.9 Å². The molecule has 202 valence electrons. The number of esters is 1. The van der Waals surface area contributed by atoms with Gasteiger partial charge in [0.25, 0.3) is 0 Å². The number of methoxy groups -OCH3 is 1. The van der Waals surface area contributed by atoms with Crippen molar-refractivity contribution in [3.05, 3.63) is 71.9 Å². The Kier molecular flexibility index (Phi) is 9.71. The number of aromatic amines is 1. The van der Waals surface area contributed by atoms with Crippen LogP contribution in [0.5, 0.6) is 0 Å². The zero-order chi connectivity index (χ0) is 27.9. The van der Waals surface area contributed by atoms with Crippen molar-refractivity contribution >= 4 is 35.7 Å². The third-order valence-electron chi connectivity index (χ3n) is 6.57. The lowest BCUT2D eigenvalue weighted by molar-refractivity contribution is -0.147. The van der Waals surface area contributed by atoms with Gasteiger partial charge in [-0.1, -0.05) is 48.5 Å². The fraction of sp³-hybridized carbons (Fsp3) is 0.393. The molecule has 9 nitrogen and oxygen atoms in total. The van der Waals surface area contributed by atoms with Crippen molar-refractivity contribution in [2.75, 3.05) is 20.7 Å². The summed E-state index contributed by atoms with van der Waals surface area (Å²) in [5.41, 5.74) is 1.63. The van der Waals surface area contributed by atoms with Crippen LogP contribution in [0.2, 0.25) is 6.82 Å².